The van der Waals surface area contributed by atoms with Gasteiger partial charge in [0.2, 0.25) is 0 Å². The number of hydrogen-bond donors (Lipinski definition) is 2. The lowest BCUT2D eigenvalue weighted by molar-refractivity contribution is 0.546. The van der Waals surface area contributed by atoms with E-state index in [4.69, 9.17) is 0 Å². The van der Waals surface area contributed by atoms with Gasteiger partial charge in [0.15, 0.2) is 5.16 Å². The van der Waals surface area contributed by atoms with Gasteiger partial charge < -0.3 is 10.3 Å². The lowest BCUT2D eigenvalue weighted by Crippen LogP contribution is -2.27. The first-order chi connectivity index (χ1) is 10.3. The minimum Gasteiger partial charge on any atom is -0.312 e. The van der Waals surface area contributed by atoms with Crippen molar-refractivity contribution in [2.24, 2.45) is 0 Å². The third-order valence-corrected chi connectivity index (χ3v) is 5.16. The van der Waals surface area contributed by atoms with Crippen LogP contribution in [0.4, 0.5) is 0 Å². The first kappa shape index (κ1) is 14.4. The van der Waals surface area contributed by atoms with Gasteiger partial charge in [-0.2, -0.15) is 0 Å². The van der Waals surface area contributed by atoms with E-state index in [1.165, 1.54) is 17.2 Å². The summed E-state index contributed by atoms with van der Waals surface area (Å²) in [5.74, 6) is 0. The molecule has 1 aromatic carbocycles. The molecule has 0 saturated heterocycles. The predicted octanol–water partition coefficient (Wildman–Crippen LogP) is 2.53. The van der Waals surface area contributed by atoms with Crippen LogP contribution >= 0.6 is 11.8 Å². The molecule has 2 N–H and O–H groups in total. The maximum atomic E-state index is 11.4. The Bertz CT molecular complexity index is 670. The van der Waals surface area contributed by atoms with Crippen LogP contribution in [0.2, 0.25) is 0 Å². The lowest BCUT2D eigenvalue weighted by Gasteiger charge is -2.25. The molecule has 0 aliphatic heterocycles. The third kappa shape index (κ3) is 3.19. The van der Waals surface area contributed by atoms with Crippen LogP contribution in [0.3, 0.4) is 0 Å². The summed E-state index contributed by atoms with van der Waals surface area (Å²) in [5, 5.41) is 4.51. The molecule has 1 heterocycles. The second-order valence-electron chi connectivity index (χ2n) is 5.25. The van der Waals surface area contributed by atoms with Crippen LogP contribution in [0.1, 0.15) is 30.0 Å². The summed E-state index contributed by atoms with van der Waals surface area (Å²) >= 11 is 1.66. The molecular weight excluding hydrogens is 282 g/mol. The SMILES string of the molecule is CNC1c2ccccc2CCCC1Sc1nccc(=O)[nH]1. The van der Waals surface area contributed by atoms with Crippen LogP contribution < -0.4 is 10.9 Å². The summed E-state index contributed by atoms with van der Waals surface area (Å²) in [4.78, 5) is 18.5. The predicted molar refractivity (Wildman–Crippen MR) is 85.7 cm³/mol. The Hall–Kier alpha value is -1.59. The van der Waals surface area contributed by atoms with Gasteiger partial charge in [-0.15, -0.1) is 0 Å². The van der Waals surface area contributed by atoms with Crippen molar-refractivity contribution < 1.29 is 0 Å². The van der Waals surface area contributed by atoms with Crippen molar-refractivity contribution in [3.8, 4) is 0 Å². The van der Waals surface area contributed by atoms with E-state index in [0.29, 0.717) is 10.4 Å². The highest BCUT2D eigenvalue weighted by Gasteiger charge is 2.27. The molecule has 0 amide bonds. The maximum Gasteiger partial charge on any atom is 0.251 e. The fraction of sp³-hybridized carbons (Fsp3) is 0.375. The molecule has 21 heavy (non-hydrogen) atoms. The van der Waals surface area contributed by atoms with E-state index < -0.39 is 0 Å². The highest BCUT2D eigenvalue weighted by atomic mass is 32.2. The van der Waals surface area contributed by atoms with Crippen molar-refractivity contribution in [3.63, 3.8) is 0 Å². The van der Waals surface area contributed by atoms with E-state index in [2.05, 4.69) is 39.6 Å². The summed E-state index contributed by atoms with van der Waals surface area (Å²) in [5.41, 5.74) is 2.70. The third-order valence-electron chi connectivity index (χ3n) is 3.92. The Morgan fingerprint density at radius 3 is 3.00 bits per heavy atom. The molecule has 2 aromatic rings. The van der Waals surface area contributed by atoms with Crippen molar-refractivity contribution in [1.29, 1.82) is 0 Å². The summed E-state index contributed by atoms with van der Waals surface area (Å²) < 4.78 is 0. The first-order valence-electron chi connectivity index (χ1n) is 7.25. The molecule has 110 valence electrons. The van der Waals surface area contributed by atoms with Crippen molar-refractivity contribution in [1.82, 2.24) is 15.3 Å². The molecule has 0 radical (unpaired) electrons. The van der Waals surface area contributed by atoms with E-state index >= 15 is 0 Å². The number of fused-ring (bicyclic) bond motifs is 1. The largest absolute Gasteiger partial charge is 0.312 e. The molecule has 0 spiro atoms. The van der Waals surface area contributed by atoms with Crippen molar-refractivity contribution in [3.05, 3.63) is 58.0 Å². The average molecular weight is 301 g/mol. The standard InChI is InChI=1S/C16H19N3OS/c1-17-15-12-7-3-2-5-11(12)6-4-8-13(15)21-16-18-10-9-14(20)19-16/h2-3,5,7,9-10,13,15,17H,4,6,8H2,1H3,(H,18,19,20). The van der Waals surface area contributed by atoms with E-state index in [0.717, 1.165) is 19.3 Å². The summed E-state index contributed by atoms with van der Waals surface area (Å²) in [7, 11) is 2.00. The number of H-pyrrole nitrogens is 1. The van der Waals surface area contributed by atoms with Gasteiger partial charge in [-0.05, 0) is 37.4 Å². The molecule has 5 heteroatoms. The number of benzene rings is 1. The highest BCUT2D eigenvalue weighted by Crippen LogP contribution is 2.37. The van der Waals surface area contributed by atoms with Gasteiger partial charge in [0.25, 0.3) is 5.56 Å². The molecule has 0 fully saturated rings. The lowest BCUT2D eigenvalue weighted by atomic mass is 9.99. The second-order valence-corrected chi connectivity index (χ2v) is 6.48. The zero-order chi connectivity index (χ0) is 14.7. The fourth-order valence-corrected chi connectivity index (χ4v) is 4.22. The second kappa shape index (κ2) is 6.45. The van der Waals surface area contributed by atoms with Gasteiger partial charge in [-0.3, -0.25) is 4.79 Å². The van der Waals surface area contributed by atoms with Gasteiger partial charge in [0, 0.05) is 23.6 Å². The smallest absolute Gasteiger partial charge is 0.251 e. The molecule has 1 aromatic heterocycles. The zero-order valence-corrected chi connectivity index (χ0v) is 12.8. The maximum absolute atomic E-state index is 11.4. The normalized spacial score (nSPS) is 21.6. The number of thioether (sulfide) groups is 1. The monoisotopic (exact) mass is 301 g/mol. The van der Waals surface area contributed by atoms with Gasteiger partial charge in [0.1, 0.15) is 0 Å². The number of aromatic nitrogens is 2. The number of aromatic amines is 1. The van der Waals surface area contributed by atoms with Crippen LogP contribution in [0.5, 0.6) is 0 Å². The Labute approximate surface area is 128 Å². The summed E-state index contributed by atoms with van der Waals surface area (Å²) in [6.45, 7) is 0. The molecule has 0 bridgehead atoms. The number of aryl methyl sites for hydroxylation is 1. The Morgan fingerprint density at radius 2 is 2.19 bits per heavy atom. The highest BCUT2D eigenvalue weighted by molar-refractivity contribution is 7.99. The van der Waals surface area contributed by atoms with Crippen LogP contribution in [-0.4, -0.2) is 22.3 Å². The molecule has 4 nitrogen and oxygen atoms in total. The molecule has 2 unspecified atom stereocenters. The number of rotatable bonds is 3. The zero-order valence-electron chi connectivity index (χ0n) is 12.0. The summed E-state index contributed by atoms with van der Waals surface area (Å²) in [6, 6.07) is 10.3. The minimum atomic E-state index is -0.0949. The van der Waals surface area contributed by atoms with Gasteiger partial charge >= 0.3 is 0 Å². The number of hydrogen-bond acceptors (Lipinski definition) is 4. The molecule has 0 saturated carbocycles. The van der Waals surface area contributed by atoms with E-state index in [1.807, 2.05) is 7.05 Å². The van der Waals surface area contributed by atoms with Crippen LogP contribution in [0.15, 0.2) is 46.5 Å². The molecular formula is C16H19N3OS. The number of nitrogens with one attached hydrogen (secondary N) is 2. The Morgan fingerprint density at radius 1 is 1.33 bits per heavy atom. The molecule has 1 aliphatic carbocycles. The molecule has 2 atom stereocenters. The molecule has 3 rings (SSSR count). The van der Waals surface area contributed by atoms with Crippen molar-refractivity contribution in [2.45, 2.75) is 35.7 Å². The van der Waals surface area contributed by atoms with E-state index in [-0.39, 0.29) is 11.6 Å². The van der Waals surface area contributed by atoms with Gasteiger partial charge in [0.05, 0.1) is 0 Å². The van der Waals surface area contributed by atoms with Gasteiger partial charge in [-0.25, -0.2) is 4.98 Å². The van der Waals surface area contributed by atoms with Crippen LogP contribution in [-0.2, 0) is 6.42 Å². The molecule has 1 aliphatic rings. The van der Waals surface area contributed by atoms with E-state index in [1.54, 1.807) is 18.0 Å². The fourth-order valence-electron chi connectivity index (χ4n) is 2.95. The quantitative estimate of drug-likeness (QED) is 0.675. The number of nitrogens with zero attached hydrogens (tertiary/aromatic N) is 1. The van der Waals surface area contributed by atoms with E-state index in [9.17, 15) is 4.79 Å². The first-order valence-corrected chi connectivity index (χ1v) is 8.13. The van der Waals surface area contributed by atoms with Crippen molar-refractivity contribution >= 4 is 11.8 Å². The Balaban J connectivity index is 1.89. The summed E-state index contributed by atoms with van der Waals surface area (Å²) in [6.07, 6.45) is 4.94. The van der Waals surface area contributed by atoms with Gasteiger partial charge in [-0.1, -0.05) is 36.0 Å². The minimum absolute atomic E-state index is 0.0949. The average Bonchev–Trinajstić information content (AvgIpc) is 2.66. The van der Waals surface area contributed by atoms with Crippen LogP contribution in [0, 0.1) is 0 Å². The topological polar surface area (TPSA) is 57.8 Å². The Kier molecular flexibility index (Phi) is 4.41. The van der Waals surface area contributed by atoms with Crippen molar-refractivity contribution in [2.75, 3.05) is 7.05 Å². The van der Waals surface area contributed by atoms with Crippen LogP contribution in [0.25, 0.3) is 0 Å².